The highest BCUT2D eigenvalue weighted by Gasteiger charge is 2.23. The Morgan fingerprint density at radius 3 is 2.44 bits per heavy atom. The van der Waals surface area contributed by atoms with Crippen LogP contribution in [0, 0.1) is 5.82 Å². The molecule has 0 unspecified atom stereocenters. The van der Waals surface area contributed by atoms with Crippen molar-refractivity contribution in [1.82, 2.24) is 14.7 Å². The largest absolute Gasteiger partial charge is 0.467 e. The van der Waals surface area contributed by atoms with E-state index in [-0.39, 0.29) is 30.7 Å². The summed E-state index contributed by atoms with van der Waals surface area (Å²) in [5.41, 5.74) is 0.815. The third kappa shape index (κ3) is 8.57. The molecule has 7 nitrogen and oxygen atoms in total. The van der Waals surface area contributed by atoms with Crippen LogP contribution in [0.1, 0.15) is 43.9 Å². The highest BCUT2D eigenvalue weighted by Crippen LogP contribution is 2.13. The standard InChI is InChI=1S/C26H36FN3O4/c1-2-3-4-7-25(31)29(13-12-28-14-17-33-18-15-28)21-26(32)30(20-24-6-5-16-34-24)19-22-8-10-23(27)11-9-22/h5-6,8-11,16H,2-4,7,12-15,17-21H2,1H3. The second-order valence-electron chi connectivity index (χ2n) is 8.68. The van der Waals surface area contributed by atoms with E-state index in [0.29, 0.717) is 45.0 Å². The van der Waals surface area contributed by atoms with E-state index in [2.05, 4.69) is 11.8 Å². The molecule has 0 aliphatic carbocycles. The Labute approximate surface area is 201 Å². The lowest BCUT2D eigenvalue weighted by Gasteiger charge is -2.31. The van der Waals surface area contributed by atoms with Gasteiger partial charge in [0.15, 0.2) is 0 Å². The molecule has 0 atom stereocenters. The fraction of sp³-hybridized carbons (Fsp3) is 0.538. The van der Waals surface area contributed by atoms with Crippen LogP contribution in [0.2, 0.25) is 0 Å². The number of unbranched alkanes of at least 4 members (excludes halogenated alkanes) is 2. The Balaban J connectivity index is 1.68. The van der Waals surface area contributed by atoms with Gasteiger partial charge in [-0.15, -0.1) is 0 Å². The number of rotatable bonds is 13. The maximum absolute atomic E-state index is 13.4. The van der Waals surface area contributed by atoms with E-state index in [4.69, 9.17) is 9.15 Å². The Morgan fingerprint density at radius 1 is 1.00 bits per heavy atom. The van der Waals surface area contributed by atoms with Crippen molar-refractivity contribution in [3.05, 3.63) is 59.8 Å². The molecule has 0 spiro atoms. The van der Waals surface area contributed by atoms with E-state index in [9.17, 15) is 14.0 Å². The van der Waals surface area contributed by atoms with E-state index in [1.807, 2.05) is 6.07 Å². The first-order valence-corrected chi connectivity index (χ1v) is 12.2. The van der Waals surface area contributed by atoms with Crippen molar-refractivity contribution in [1.29, 1.82) is 0 Å². The van der Waals surface area contributed by atoms with Gasteiger partial charge in [0.1, 0.15) is 11.6 Å². The topological polar surface area (TPSA) is 66.2 Å². The average molecular weight is 474 g/mol. The number of furan rings is 1. The van der Waals surface area contributed by atoms with Crippen LogP contribution < -0.4 is 0 Å². The molecule has 1 aliphatic rings. The van der Waals surface area contributed by atoms with Crippen LogP contribution in [0.15, 0.2) is 47.1 Å². The highest BCUT2D eigenvalue weighted by molar-refractivity contribution is 5.84. The average Bonchev–Trinajstić information content (AvgIpc) is 3.36. The minimum atomic E-state index is -0.320. The van der Waals surface area contributed by atoms with Gasteiger partial charge in [-0.25, -0.2) is 4.39 Å². The number of nitrogens with zero attached hydrogens (tertiary/aromatic N) is 3. The summed E-state index contributed by atoms with van der Waals surface area (Å²) in [5, 5.41) is 0. The Hall–Kier alpha value is -2.71. The second-order valence-corrected chi connectivity index (χ2v) is 8.68. The van der Waals surface area contributed by atoms with Crippen LogP contribution >= 0.6 is 0 Å². The van der Waals surface area contributed by atoms with Gasteiger partial charge in [0.2, 0.25) is 11.8 Å². The molecule has 2 amide bonds. The van der Waals surface area contributed by atoms with E-state index < -0.39 is 0 Å². The summed E-state index contributed by atoms with van der Waals surface area (Å²) in [6.45, 7) is 6.97. The SMILES string of the molecule is CCCCCC(=O)N(CCN1CCOCC1)CC(=O)N(Cc1ccc(F)cc1)Cc1ccco1. The molecule has 0 bridgehead atoms. The molecule has 2 heterocycles. The van der Waals surface area contributed by atoms with Crippen molar-refractivity contribution < 1.29 is 23.1 Å². The van der Waals surface area contributed by atoms with E-state index in [1.54, 1.807) is 34.3 Å². The summed E-state index contributed by atoms with van der Waals surface area (Å²) in [5.74, 6) is 0.186. The van der Waals surface area contributed by atoms with Gasteiger partial charge in [0.25, 0.3) is 0 Å². The summed E-state index contributed by atoms with van der Waals surface area (Å²) < 4.78 is 24.2. The smallest absolute Gasteiger partial charge is 0.242 e. The molecule has 3 rings (SSSR count). The predicted molar refractivity (Wildman–Crippen MR) is 127 cm³/mol. The molecule has 1 saturated heterocycles. The van der Waals surface area contributed by atoms with Gasteiger partial charge in [0.05, 0.1) is 32.6 Å². The van der Waals surface area contributed by atoms with Crippen LogP contribution in [0.5, 0.6) is 0 Å². The molecule has 1 fully saturated rings. The maximum Gasteiger partial charge on any atom is 0.242 e. The lowest BCUT2D eigenvalue weighted by atomic mass is 10.2. The number of hydrogen-bond acceptors (Lipinski definition) is 5. The van der Waals surface area contributed by atoms with Crippen LogP contribution in [0.3, 0.4) is 0 Å². The first-order valence-electron chi connectivity index (χ1n) is 12.2. The molecule has 2 aromatic rings. The fourth-order valence-electron chi connectivity index (χ4n) is 3.96. The number of hydrogen-bond donors (Lipinski definition) is 0. The molecule has 1 aliphatic heterocycles. The molecule has 0 N–H and O–H groups in total. The minimum absolute atomic E-state index is 0.00907. The van der Waals surface area contributed by atoms with Crippen molar-refractivity contribution in [3.8, 4) is 0 Å². The summed E-state index contributed by atoms with van der Waals surface area (Å²) in [7, 11) is 0. The number of carbonyl (C=O) groups is 2. The van der Waals surface area contributed by atoms with Crippen LogP contribution in [-0.2, 0) is 27.4 Å². The summed E-state index contributed by atoms with van der Waals surface area (Å²) in [4.78, 5) is 32.0. The molecule has 0 saturated carbocycles. The van der Waals surface area contributed by atoms with Crippen molar-refractivity contribution in [2.45, 2.75) is 45.7 Å². The van der Waals surface area contributed by atoms with Crippen molar-refractivity contribution in [2.75, 3.05) is 45.9 Å². The highest BCUT2D eigenvalue weighted by atomic mass is 19.1. The third-order valence-corrected chi connectivity index (χ3v) is 6.03. The van der Waals surface area contributed by atoms with Gasteiger partial charge in [0, 0.05) is 39.1 Å². The van der Waals surface area contributed by atoms with Crippen molar-refractivity contribution >= 4 is 11.8 Å². The number of amides is 2. The second kappa shape index (κ2) is 13.9. The van der Waals surface area contributed by atoms with Crippen LogP contribution in [0.4, 0.5) is 4.39 Å². The van der Waals surface area contributed by atoms with E-state index >= 15 is 0 Å². The number of benzene rings is 1. The van der Waals surface area contributed by atoms with Gasteiger partial charge >= 0.3 is 0 Å². The normalized spacial score (nSPS) is 14.2. The zero-order valence-electron chi connectivity index (χ0n) is 20.1. The van der Waals surface area contributed by atoms with Crippen LogP contribution in [0.25, 0.3) is 0 Å². The zero-order valence-corrected chi connectivity index (χ0v) is 20.1. The first-order chi connectivity index (χ1) is 16.5. The number of morpholine rings is 1. The molecule has 1 aromatic heterocycles. The summed E-state index contributed by atoms with van der Waals surface area (Å²) in [6, 6.07) is 9.71. The van der Waals surface area contributed by atoms with Crippen molar-refractivity contribution in [3.63, 3.8) is 0 Å². The lowest BCUT2D eigenvalue weighted by Crippen LogP contribution is -2.47. The summed E-state index contributed by atoms with van der Waals surface area (Å²) >= 11 is 0. The van der Waals surface area contributed by atoms with Gasteiger partial charge in [-0.1, -0.05) is 31.9 Å². The monoisotopic (exact) mass is 473 g/mol. The Bertz CT molecular complexity index is 867. The summed E-state index contributed by atoms with van der Waals surface area (Å²) in [6.07, 6.45) is 4.87. The lowest BCUT2D eigenvalue weighted by molar-refractivity contribution is -0.141. The van der Waals surface area contributed by atoms with Crippen molar-refractivity contribution in [2.24, 2.45) is 0 Å². The Morgan fingerprint density at radius 2 is 1.76 bits per heavy atom. The third-order valence-electron chi connectivity index (χ3n) is 6.03. The Kier molecular flexibility index (Phi) is 10.6. The van der Waals surface area contributed by atoms with Crippen LogP contribution in [-0.4, -0.2) is 72.5 Å². The van der Waals surface area contributed by atoms with Gasteiger partial charge < -0.3 is 19.0 Å². The molecule has 8 heteroatoms. The molecule has 34 heavy (non-hydrogen) atoms. The number of halogens is 1. The van der Waals surface area contributed by atoms with E-state index in [1.165, 1.54) is 12.1 Å². The molecular formula is C26H36FN3O4. The quantitative estimate of drug-likeness (QED) is 0.415. The van der Waals surface area contributed by atoms with E-state index in [0.717, 1.165) is 37.9 Å². The van der Waals surface area contributed by atoms with Gasteiger partial charge in [-0.05, 0) is 36.2 Å². The zero-order chi connectivity index (χ0) is 24.2. The molecule has 0 radical (unpaired) electrons. The predicted octanol–water partition coefficient (Wildman–Crippen LogP) is 3.69. The van der Waals surface area contributed by atoms with Gasteiger partial charge in [-0.3, -0.25) is 14.5 Å². The number of ether oxygens (including phenoxy) is 1. The molecule has 186 valence electrons. The van der Waals surface area contributed by atoms with Gasteiger partial charge in [-0.2, -0.15) is 0 Å². The molecular weight excluding hydrogens is 437 g/mol. The first kappa shape index (κ1) is 25.9. The minimum Gasteiger partial charge on any atom is -0.467 e. The molecule has 1 aromatic carbocycles. The maximum atomic E-state index is 13.4. The fourth-order valence-corrected chi connectivity index (χ4v) is 3.96. The number of carbonyl (C=O) groups excluding carboxylic acids is 2.